The molecule has 0 bridgehead atoms. The van der Waals surface area contributed by atoms with E-state index in [0.29, 0.717) is 5.41 Å². The second-order valence-corrected chi connectivity index (χ2v) is 7.32. The third kappa shape index (κ3) is 3.09. The number of rotatable bonds is 4. The van der Waals surface area contributed by atoms with E-state index in [-0.39, 0.29) is 5.54 Å². The van der Waals surface area contributed by atoms with Crippen LogP contribution in [0.1, 0.15) is 70.9 Å². The Kier molecular flexibility index (Phi) is 4.59. The van der Waals surface area contributed by atoms with Gasteiger partial charge in [0.15, 0.2) is 0 Å². The van der Waals surface area contributed by atoms with Crippen LogP contribution < -0.4 is 5.73 Å². The second kappa shape index (κ2) is 5.89. The summed E-state index contributed by atoms with van der Waals surface area (Å²) in [4.78, 5) is 0. The minimum Gasteiger partial charge on any atom is -0.321 e. The highest BCUT2D eigenvalue weighted by atomic mass is 14.7. The summed E-state index contributed by atoms with van der Waals surface area (Å²) in [6.45, 7) is 9.34. The highest BCUT2D eigenvalue weighted by Gasteiger charge is 2.38. The van der Waals surface area contributed by atoms with E-state index in [1.165, 1.54) is 30.4 Å². The lowest BCUT2D eigenvalue weighted by atomic mass is 9.64. The molecule has 1 heteroatoms. The molecular weight excluding hydrogens is 242 g/mol. The Morgan fingerprint density at radius 2 is 1.65 bits per heavy atom. The van der Waals surface area contributed by atoms with Gasteiger partial charge in [-0.15, -0.1) is 0 Å². The zero-order chi connectivity index (χ0) is 14.8. The van der Waals surface area contributed by atoms with Crippen molar-refractivity contribution in [2.75, 3.05) is 0 Å². The molecule has 2 N–H and O–H groups in total. The van der Waals surface area contributed by atoms with Gasteiger partial charge in [0.2, 0.25) is 0 Å². The number of benzene rings is 1. The van der Waals surface area contributed by atoms with Crippen LogP contribution >= 0.6 is 0 Å². The molecule has 1 nitrogen and oxygen atoms in total. The van der Waals surface area contributed by atoms with Crippen LogP contribution in [-0.4, -0.2) is 0 Å². The number of hydrogen-bond donors (Lipinski definition) is 1. The summed E-state index contributed by atoms with van der Waals surface area (Å²) >= 11 is 0. The van der Waals surface area contributed by atoms with Crippen molar-refractivity contribution in [3.8, 4) is 0 Å². The lowest BCUT2D eigenvalue weighted by Crippen LogP contribution is -2.42. The van der Waals surface area contributed by atoms with Gasteiger partial charge >= 0.3 is 0 Å². The van der Waals surface area contributed by atoms with E-state index in [1.54, 1.807) is 0 Å². The van der Waals surface area contributed by atoms with Crippen molar-refractivity contribution in [2.45, 2.75) is 71.8 Å². The molecule has 1 fully saturated rings. The molecule has 0 heterocycles. The van der Waals surface area contributed by atoms with E-state index >= 15 is 0 Å². The first-order valence-corrected chi connectivity index (χ1v) is 8.29. The van der Waals surface area contributed by atoms with Crippen LogP contribution in [0, 0.1) is 11.3 Å². The normalized spacial score (nSPS) is 27.6. The molecule has 2 rings (SSSR count). The Morgan fingerprint density at radius 3 is 2.10 bits per heavy atom. The molecular formula is C19H31N. The standard InChI is InChI=1S/C19H31N/c1-5-15-7-9-17(10-8-15)19(20)13-11-16(12-14-19)18(3,4)6-2/h7-10,16H,5-6,11-14,20H2,1-4H3. The average Bonchev–Trinajstić information content (AvgIpc) is 2.48. The van der Waals surface area contributed by atoms with Crippen molar-refractivity contribution < 1.29 is 0 Å². The molecule has 0 spiro atoms. The van der Waals surface area contributed by atoms with Crippen LogP contribution in [0.5, 0.6) is 0 Å². The number of nitrogens with two attached hydrogens (primary N) is 1. The summed E-state index contributed by atoms with van der Waals surface area (Å²) in [5.41, 5.74) is 9.83. The molecule has 0 aliphatic heterocycles. The summed E-state index contributed by atoms with van der Waals surface area (Å²) in [6, 6.07) is 8.99. The van der Waals surface area contributed by atoms with Crippen LogP contribution in [0.3, 0.4) is 0 Å². The van der Waals surface area contributed by atoms with E-state index in [2.05, 4.69) is 52.0 Å². The van der Waals surface area contributed by atoms with Crippen molar-refractivity contribution in [1.29, 1.82) is 0 Å². The molecule has 0 amide bonds. The first-order valence-electron chi connectivity index (χ1n) is 8.29. The van der Waals surface area contributed by atoms with Crippen LogP contribution in [0.25, 0.3) is 0 Å². The zero-order valence-corrected chi connectivity index (χ0v) is 13.7. The lowest BCUT2D eigenvalue weighted by molar-refractivity contribution is 0.115. The van der Waals surface area contributed by atoms with Gasteiger partial charge in [-0.1, -0.05) is 58.4 Å². The molecule has 20 heavy (non-hydrogen) atoms. The van der Waals surface area contributed by atoms with Gasteiger partial charge in [-0.2, -0.15) is 0 Å². The van der Waals surface area contributed by atoms with Crippen molar-refractivity contribution in [1.82, 2.24) is 0 Å². The highest BCUT2D eigenvalue weighted by molar-refractivity contribution is 5.29. The summed E-state index contributed by atoms with van der Waals surface area (Å²) in [5, 5.41) is 0. The molecule has 0 atom stereocenters. The Bertz CT molecular complexity index is 422. The van der Waals surface area contributed by atoms with E-state index < -0.39 is 0 Å². The molecule has 0 radical (unpaired) electrons. The topological polar surface area (TPSA) is 26.0 Å². The van der Waals surface area contributed by atoms with Gasteiger partial charge < -0.3 is 5.73 Å². The maximum absolute atomic E-state index is 6.72. The highest BCUT2D eigenvalue weighted by Crippen LogP contribution is 2.45. The first kappa shape index (κ1) is 15.6. The third-order valence-electron chi connectivity index (χ3n) is 5.83. The fourth-order valence-corrected chi connectivity index (χ4v) is 3.56. The first-order chi connectivity index (χ1) is 9.41. The molecule has 0 aromatic heterocycles. The van der Waals surface area contributed by atoms with Crippen LogP contribution in [0.15, 0.2) is 24.3 Å². The Balaban J connectivity index is 2.07. The number of aryl methyl sites for hydroxylation is 1. The second-order valence-electron chi connectivity index (χ2n) is 7.32. The smallest absolute Gasteiger partial charge is 0.0409 e. The van der Waals surface area contributed by atoms with Crippen molar-refractivity contribution in [3.63, 3.8) is 0 Å². The van der Waals surface area contributed by atoms with Crippen LogP contribution in [0.2, 0.25) is 0 Å². The van der Waals surface area contributed by atoms with E-state index in [0.717, 1.165) is 25.2 Å². The number of hydrogen-bond acceptors (Lipinski definition) is 1. The van der Waals surface area contributed by atoms with Gasteiger partial charge in [0.05, 0.1) is 0 Å². The molecule has 1 aliphatic rings. The van der Waals surface area contributed by atoms with Gasteiger partial charge in [0, 0.05) is 5.54 Å². The van der Waals surface area contributed by atoms with Crippen LogP contribution in [0.4, 0.5) is 0 Å². The molecule has 0 saturated heterocycles. The van der Waals surface area contributed by atoms with Gasteiger partial charge in [0.25, 0.3) is 0 Å². The molecule has 112 valence electrons. The average molecular weight is 273 g/mol. The fraction of sp³-hybridized carbons (Fsp3) is 0.684. The largest absolute Gasteiger partial charge is 0.321 e. The minimum atomic E-state index is -0.0907. The SMILES string of the molecule is CCc1ccc(C2(N)CCC(C(C)(C)CC)CC2)cc1. The van der Waals surface area contributed by atoms with Gasteiger partial charge in [0.1, 0.15) is 0 Å². The Morgan fingerprint density at radius 1 is 1.10 bits per heavy atom. The molecule has 0 unspecified atom stereocenters. The van der Waals surface area contributed by atoms with Gasteiger partial charge in [-0.25, -0.2) is 0 Å². The van der Waals surface area contributed by atoms with Crippen molar-refractivity contribution in [2.24, 2.45) is 17.1 Å². The fourth-order valence-electron chi connectivity index (χ4n) is 3.56. The van der Waals surface area contributed by atoms with E-state index in [9.17, 15) is 0 Å². The van der Waals surface area contributed by atoms with Gasteiger partial charge in [-0.3, -0.25) is 0 Å². The molecule has 1 aromatic carbocycles. The maximum Gasteiger partial charge on any atom is 0.0409 e. The van der Waals surface area contributed by atoms with Crippen LogP contribution in [-0.2, 0) is 12.0 Å². The third-order valence-corrected chi connectivity index (χ3v) is 5.83. The van der Waals surface area contributed by atoms with Crippen molar-refractivity contribution >= 4 is 0 Å². The minimum absolute atomic E-state index is 0.0907. The lowest BCUT2D eigenvalue weighted by Gasteiger charge is -2.43. The monoisotopic (exact) mass is 273 g/mol. The van der Waals surface area contributed by atoms with E-state index in [1.807, 2.05) is 0 Å². The quantitative estimate of drug-likeness (QED) is 0.818. The van der Waals surface area contributed by atoms with Crippen molar-refractivity contribution in [3.05, 3.63) is 35.4 Å². The van der Waals surface area contributed by atoms with Gasteiger partial charge in [-0.05, 0) is 54.6 Å². The van der Waals surface area contributed by atoms with E-state index in [4.69, 9.17) is 5.73 Å². The molecule has 1 aliphatic carbocycles. The predicted octanol–water partition coefficient (Wildman–Crippen LogP) is 5.03. The zero-order valence-electron chi connectivity index (χ0n) is 13.7. The summed E-state index contributed by atoms with van der Waals surface area (Å²) in [7, 11) is 0. The summed E-state index contributed by atoms with van der Waals surface area (Å²) in [6.07, 6.45) is 7.17. The Hall–Kier alpha value is -0.820. The molecule has 1 saturated carbocycles. The summed E-state index contributed by atoms with van der Waals surface area (Å²) in [5.74, 6) is 0.832. The maximum atomic E-state index is 6.72. The molecule has 1 aromatic rings. The summed E-state index contributed by atoms with van der Waals surface area (Å²) < 4.78 is 0. The predicted molar refractivity (Wildman–Crippen MR) is 87.7 cm³/mol. The Labute approximate surface area is 125 Å².